The second-order valence-corrected chi connectivity index (χ2v) is 7.88. The van der Waals surface area contributed by atoms with Crippen LogP contribution in [0.5, 0.6) is 0 Å². The van der Waals surface area contributed by atoms with Gasteiger partial charge in [-0.1, -0.05) is 6.07 Å². The maximum absolute atomic E-state index is 11.8. The van der Waals surface area contributed by atoms with Gasteiger partial charge in [-0.3, -0.25) is 4.79 Å². The number of rotatable bonds is 5. The van der Waals surface area contributed by atoms with Crippen molar-refractivity contribution in [2.24, 2.45) is 0 Å². The largest absolute Gasteiger partial charge is 0.298 e. The zero-order chi connectivity index (χ0) is 12.4. The van der Waals surface area contributed by atoms with Gasteiger partial charge in [0.25, 0.3) is 0 Å². The van der Waals surface area contributed by atoms with Crippen LogP contribution in [0.4, 0.5) is 0 Å². The smallest absolute Gasteiger partial charge is 0.159 e. The molecule has 0 N–H and O–H groups in total. The summed E-state index contributed by atoms with van der Waals surface area (Å²) in [6.07, 6.45) is 2.01. The molecular weight excluding hydrogens is 244 g/mol. The quantitative estimate of drug-likeness (QED) is 0.814. The van der Waals surface area contributed by atoms with Crippen LogP contribution in [0.2, 0.25) is 0 Å². The summed E-state index contributed by atoms with van der Waals surface area (Å²) in [5, 5.41) is 1.95. The van der Waals surface area contributed by atoms with Gasteiger partial charge in [0.15, 0.2) is 15.6 Å². The highest BCUT2D eigenvalue weighted by Gasteiger charge is 2.37. The first-order chi connectivity index (χ1) is 7.25. The molecule has 0 amide bonds. The maximum Gasteiger partial charge on any atom is 0.159 e. The standard InChI is InChI=1S/C11H16O3S2/c1-11(2,16(3,13)14)10(12)7-6-9-5-4-8-15-9/h4-5,8H,6-7H2,1-3H3. The summed E-state index contributed by atoms with van der Waals surface area (Å²) in [7, 11) is -3.34. The first-order valence-corrected chi connectivity index (χ1v) is 7.77. The van der Waals surface area contributed by atoms with E-state index in [0.29, 0.717) is 6.42 Å². The van der Waals surface area contributed by atoms with E-state index in [0.717, 1.165) is 11.1 Å². The lowest BCUT2D eigenvalue weighted by atomic mass is 10.0. The molecule has 1 heterocycles. The van der Waals surface area contributed by atoms with Gasteiger partial charge in [0.1, 0.15) is 4.75 Å². The molecule has 0 saturated heterocycles. The third kappa shape index (κ3) is 2.92. The van der Waals surface area contributed by atoms with Crippen LogP contribution in [-0.4, -0.2) is 25.2 Å². The number of carbonyl (C=O) groups excluding carboxylic acids is 1. The number of aryl methyl sites for hydroxylation is 1. The molecule has 0 aliphatic carbocycles. The molecule has 0 saturated carbocycles. The van der Waals surface area contributed by atoms with Crippen LogP contribution >= 0.6 is 11.3 Å². The Morgan fingerprint density at radius 2 is 2.06 bits per heavy atom. The molecule has 0 atom stereocenters. The average Bonchev–Trinajstić information content (AvgIpc) is 2.64. The second-order valence-electron chi connectivity index (χ2n) is 4.29. The van der Waals surface area contributed by atoms with E-state index in [-0.39, 0.29) is 12.2 Å². The molecule has 0 bridgehead atoms. The average molecular weight is 260 g/mol. The minimum Gasteiger partial charge on any atom is -0.298 e. The molecule has 3 nitrogen and oxygen atoms in total. The fraction of sp³-hybridized carbons (Fsp3) is 0.545. The minimum absolute atomic E-state index is 0.219. The Kier molecular flexibility index (Phi) is 3.91. The Bertz CT molecular complexity index is 455. The van der Waals surface area contributed by atoms with E-state index >= 15 is 0 Å². The fourth-order valence-corrected chi connectivity index (χ4v) is 2.42. The van der Waals surface area contributed by atoms with Gasteiger partial charge in [0.05, 0.1) is 0 Å². The summed E-state index contributed by atoms with van der Waals surface area (Å²) in [6, 6.07) is 3.87. The molecule has 0 fully saturated rings. The van der Waals surface area contributed by atoms with Gasteiger partial charge < -0.3 is 0 Å². The molecular formula is C11H16O3S2. The van der Waals surface area contributed by atoms with Crippen LogP contribution in [0.15, 0.2) is 17.5 Å². The normalized spacial score (nSPS) is 12.7. The van der Waals surface area contributed by atoms with E-state index in [4.69, 9.17) is 0 Å². The Balaban J connectivity index is 2.66. The van der Waals surface area contributed by atoms with Crippen molar-refractivity contribution < 1.29 is 13.2 Å². The maximum atomic E-state index is 11.8. The zero-order valence-electron chi connectivity index (χ0n) is 9.69. The van der Waals surface area contributed by atoms with Gasteiger partial charge >= 0.3 is 0 Å². The molecule has 0 aliphatic heterocycles. The van der Waals surface area contributed by atoms with Gasteiger partial charge in [-0.25, -0.2) is 8.42 Å². The molecule has 0 unspecified atom stereocenters. The third-order valence-electron chi connectivity index (χ3n) is 2.78. The van der Waals surface area contributed by atoms with Crippen molar-refractivity contribution >= 4 is 27.0 Å². The molecule has 16 heavy (non-hydrogen) atoms. The summed E-state index contributed by atoms with van der Waals surface area (Å²) < 4.78 is 21.6. The molecule has 0 spiro atoms. The van der Waals surface area contributed by atoms with Crippen molar-refractivity contribution in [3.63, 3.8) is 0 Å². The third-order valence-corrected chi connectivity index (χ3v) is 5.79. The topological polar surface area (TPSA) is 51.2 Å². The first-order valence-electron chi connectivity index (χ1n) is 5.00. The number of hydrogen-bond donors (Lipinski definition) is 0. The van der Waals surface area contributed by atoms with Gasteiger partial charge in [-0.2, -0.15) is 0 Å². The van der Waals surface area contributed by atoms with Crippen molar-refractivity contribution in [1.82, 2.24) is 0 Å². The monoisotopic (exact) mass is 260 g/mol. The van der Waals surface area contributed by atoms with E-state index < -0.39 is 14.6 Å². The van der Waals surface area contributed by atoms with Crippen molar-refractivity contribution in [3.05, 3.63) is 22.4 Å². The van der Waals surface area contributed by atoms with Crippen molar-refractivity contribution in [2.75, 3.05) is 6.26 Å². The molecule has 0 radical (unpaired) electrons. The van der Waals surface area contributed by atoms with Gasteiger partial charge in [0, 0.05) is 17.6 Å². The lowest BCUT2D eigenvalue weighted by Gasteiger charge is -2.20. The highest BCUT2D eigenvalue weighted by Crippen LogP contribution is 2.20. The Morgan fingerprint density at radius 3 is 2.50 bits per heavy atom. The van der Waals surface area contributed by atoms with Crippen molar-refractivity contribution in [1.29, 1.82) is 0 Å². The van der Waals surface area contributed by atoms with E-state index in [9.17, 15) is 13.2 Å². The molecule has 1 aromatic heterocycles. The lowest BCUT2D eigenvalue weighted by molar-refractivity contribution is -0.120. The summed E-state index contributed by atoms with van der Waals surface area (Å²) in [5.41, 5.74) is 0. The Hall–Kier alpha value is -0.680. The molecule has 0 aromatic carbocycles. The number of Topliss-reactive ketones (excluding diaryl/α,β-unsaturated/α-hetero) is 1. The van der Waals surface area contributed by atoms with E-state index in [2.05, 4.69) is 0 Å². The van der Waals surface area contributed by atoms with E-state index in [1.165, 1.54) is 13.8 Å². The summed E-state index contributed by atoms with van der Waals surface area (Å²) in [6.45, 7) is 2.94. The molecule has 5 heteroatoms. The van der Waals surface area contributed by atoms with E-state index in [1.54, 1.807) is 11.3 Å². The van der Waals surface area contributed by atoms with Crippen LogP contribution in [0, 0.1) is 0 Å². The number of sulfone groups is 1. The summed E-state index contributed by atoms with van der Waals surface area (Å²) in [5.74, 6) is -0.219. The second kappa shape index (κ2) is 4.67. The predicted octanol–water partition coefficient (Wildman–Crippen LogP) is 2.07. The minimum atomic E-state index is -3.34. The highest BCUT2D eigenvalue weighted by molar-refractivity contribution is 7.92. The number of carbonyl (C=O) groups is 1. The Labute approximate surface area is 100 Å². The number of hydrogen-bond acceptors (Lipinski definition) is 4. The zero-order valence-corrected chi connectivity index (χ0v) is 11.3. The van der Waals surface area contributed by atoms with Gasteiger partial charge in [0.2, 0.25) is 0 Å². The van der Waals surface area contributed by atoms with Crippen LogP contribution in [0.3, 0.4) is 0 Å². The number of ketones is 1. The van der Waals surface area contributed by atoms with Crippen LogP contribution < -0.4 is 0 Å². The predicted molar refractivity (Wildman–Crippen MR) is 66.6 cm³/mol. The lowest BCUT2D eigenvalue weighted by Crippen LogP contribution is -2.40. The molecule has 1 aromatic rings. The van der Waals surface area contributed by atoms with E-state index in [1.807, 2.05) is 17.5 Å². The van der Waals surface area contributed by atoms with Crippen molar-refractivity contribution in [3.8, 4) is 0 Å². The fourth-order valence-electron chi connectivity index (χ4n) is 1.20. The molecule has 90 valence electrons. The van der Waals surface area contributed by atoms with Crippen LogP contribution in [0.1, 0.15) is 25.1 Å². The van der Waals surface area contributed by atoms with Crippen molar-refractivity contribution in [2.45, 2.75) is 31.4 Å². The SMILES string of the molecule is CC(C)(C(=O)CCc1cccs1)S(C)(=O)=O. The highest BCUT2D eigenvalue weighted by atomic mass is 32.2. The molecule has 0 aliphatic rings. The molecule has 1 rings (SSSR count). The number of thiophene rings is 1. The van der Waals surface area contributed by atoms with Gasteiger partial charge in [-0.05, 0) is 31.7 Å². The first kappa shape index (κ1) is 13.4. The van der Waals surface area contributed by atoms with Crippen LogP contribution in [-0.2, 0) is 21.1 Å². The Morgan fingerprint density at radius 1 is 1.44 bits per heavy atom. The van der Waals surface area contributed by atoms with Crippen LogP contribution in [0.25, 0.3) is 0 Å². The summed E-state index contributed by atoms with van der Waals surface area (Å²) in [4.78, 5) is 12.9. The summed E-state index contributed by atoms with van der Waals surface area (Å²) >= 11 is 1.58. The van der Waals surface area contributed by atoms with Gasteiger partial charge in [-0.15, -0.1) is 11.3 Å².